The third-order valence-electron chi connectivity index (χ3n) is 10.9. The van der Waals surface area contributed by atoms with Crippen LogP contribution in [0.4, 0.5) is 0 Å². The van der Waals surface area contributed by atoms with Crippen molar-refractivity contribution in [3.63, 3.8) is 0 Å². The van der Waals surface area contributed by atoms with Gasteiger partial charge in [-0.25, -0.2) is 0 Å². The number of fused-ring (bicyclic) bond motifs is 5. The molecular weight excluding hydrogens is 416 g/mol. The van der Waals surface area contributed by atoms with Gasteiger partial charge in [0.1, 0.15) is 5.78 Å². The average Bonchev–Trinajstić information content (AvgIpc) is 3.16. The molecule has 0 spiro atoms. The van der Waals surface area contributed by atoms with E-state index >= 15 is 0 Å². The second kappa shape index (κ2) is 9.34. The summed E-state index contributed by atoms with van der Waals surface area (Å²) >= 11 is 0. The van der Waals surface area contributed by atoms with E-state index in [1.54, 1.807) is 0 Å². The zero-order valence-corrected chi connectivity index (χ0v) is 21.4. The predicted octanol–water partition coefficient (Wildman–Crippen LogP) is 5.59. The minimum absolute atomic E-state index is 0.0199. The lowest BCUT2D eigenvalue weighted by molar-refractivity contribution is -0.165. The third-order valence-corrected chi connectivity index (χ3v) is 10.9. The van der Waals surface area contributed by atoms with Gasteiger partial charge in [-0.1, -0.05) is 20.8 Å². The summed E-state index contributed by atoms with van der Waals surface area (Å²) in [5, 5.41) is 0. The number of ether oxygens (including phenoxy) is 2. The lowest BCUT2D eigenvalue weighted by Crippen LogP contribution is -2.57. The lowest BCUT2D eigenvalue weighted by Gasteiger charge is -2.60. The van der Waals surface area contributed by atoms with Gasteiger partial charge in [0.25, 0.3) is 0 Å². The van der Waals surface area contributed by atoms with E-state index in [1.807, 2.05) is 6.92 Å². The monoisotopic (exact) mass is 460 g/mol. The number of hydrogen-bond acceptors (Lipinski definition) is 5. The predicted molar refractivity (Wildman–Crippen MR) is 126 cm³/mol. The largest absolute Gasteiger partial charge is 0.469 e. The average molecular weight is 461 g/mol. The summed E-state index contributed by atoms with van der Waals surface area (Å²) in [4.78, 5) is 38.0. The fraction of sp³-hybridized carbons (Fsp3) is 0.893. The molecule has 5 heteroatoms. The second-order valence-electron chi connectivity index (χ2n) is 12.1. The zero-order valence-electron chi connectivity index (χ0n) is 21.4. The molecule has 0 aromatic rings. The molecule has 4 fully saturated rings. The Labute approximate surface area is 199 Å². The molecule has 33 heavy (non-hydrogen) atoms. The molecule has 0 saturated heterocycles. The van der Waals surface area contributed by atoms with Crippen LogP contribution in [0.1, 0.15) is 91.9 Å². The summed E-state index contributed by atoms with van der Waals surface area (Å²) in [5.41, 5.74) is -0.0838. The smallest absolute Gasteiger partial charge is 0.308 e. The van der Waals surface area contributed by atoms with Crippen LogP contribution in [-0.2, 0) is 23.9 Å². The van der Waals surface area contributed by atoms with Gasteiger partial charge in [-0.2, -0.15) is 0 Å². The van der Waals surface area contributed by atoms with E-state index in [-0.39, 0.29) is 28.7 Å². The van der Waals surface area contributed by atoms with E-state index in [1.165, 1.54) is 20.0 Å². The van der Waals surface area contributed by atoms with Crippen molar-refractivity contribution in [2.45, 2.75) is 91.9 Å². The normalized spacial score (nSPS) is 43.1. The first-order valence-corrected chi connectivity index (χ1v) is 13.4. The van der Waals surface area contributed by atoms with Crippen LogP contribution >= 0.6 is 0 Å². The summed E-state index contributed by atoms with van der Waals surface area (Å²) in [6.07, 6.45) is 9.43. The Hall–Kier alpha value is -1.39. The second-order valence-corrected chi connectivity index (χ2v) is 12.1. The molecule has 0 N–H and O–H groups in total. The van der Waals surface area contributed by atoms with Gasteiger partial charge in [-0.05, 0) is 99.2 Å². The SMILES string of the molecule is CCOC(=O)[C@@H]1CC[C@@]2(C)[C@@H](CC[C@@H]3[C@@H]2CC(=O)[C@]2(C)[C@@H]([C@@H](C)CCC(=O)OC)CC[C@@H]32)C1. The van der Waals surface area contributed by atoms with E-state index in [9.17, 15) is 14.4 Å². The number of rotatable bonds is 6. The van der Waals surface area contributed by atoms with Crippen LogP contribution in [0.2, 0.25) is 0 Å². The van der Waals surface area contributed by atoms with Crippen LogP contribution in [0.15, 0.2) is 0 Å². The molecule has 4 aliphatic carbocycles. The Morgan fingerprint density at radius 2 is 1.85 bits per heavy atom. The lowest BCUT2D eigenvalue weighted by atomic mass is 9.43. The van der Waals surface area contributed by atoms with Crippen LogP contribution in [0, 0.1) is 52.3 Å². The topological polar surface area (TPSA) is 69.7 Å². The van der Waals surface area contributed by atoms with E-state index in [4.69, 9.17) is 9.47 Å². The van der Waals surface area contributed by atoms with Crippen molar-refractivity contribution in [2.24, 2.45) is 52.3 Å². The molecule has 4 saturated carbocycles. The van der Waals surface area contributed by atoms with Gasteiger partial charge in [0, 0.05) is 18.3 Å². The number of Topliss-reactive ketones (excluding diaryl/α,β-unsaturated/α-hetero) is 1. The zero-order chi connectivity index (χ0) is 24.0. The first kappa shape index (κ1) is 24.7. The van der Waals surface area contributed by atoms with Crippen LogP contribution in [-0.4, -0.2) is 31.4 Å². The molecular formula is C28H44O5. The highest BCUT2D eigenvalue weighted by atomic mass is 16.5. The van der Waals surface area contributed by atoms with E-state index in [0.29, 0.717) is 60.7 Å². The molecule has 186 valence electrons. The Bertz CT molecular complexity index is 776. The van der Waals surface area contributed by atoms with Gasteiger partial charge >= 0.3 is 11.9 Å². The molecule has 9 atom stereocenters. The molecule has 0 unspecified atom stereocenters. The molecule has 5 nitrogen and oxygen atoms in total. The summed E-state index contributed by atoms with van der Waals surface area (Å²) in [6, 6.07) is 0. The molecule has 0 amide bonds. The van der Waals surface area contributed by atoms with Crippen molar-refractivity contribution in [3.05, 3.63) is 0 Å². The number of hydrogen-bond donors (Lipinski definition) is 0. The highest BCUT2D eigenvalue weighted by Crippen LogP contribution is 2.67. The fourth-order valence-corrected chi connectivity index (χ4v) is 9.03. The van der Waals surface area contributed by atoms with E-state index in [2.05, 4.69) is 20.8 Å². The minimum atomic E-state index is -0.248. The fourth-order valence-electron chi connectivity index (χ4n) is 9.03. The first-order chi connectivity index (χ1) is 15.7. The maximum Gasteiger partial charge on any atom is 0.308 e. The molecule has 0 aromatic carbocycles. The van der Waals surface area contributed by atoms with Crippen molar-refractivity contribution >= 4 is 17.7 Å². The molecule has 0 heterocycles. The number of ketones is 1. The van der Waals surface area contributed by atoms with Crippen LogP contribution in [0.3, 0.4) is 0 Å². The summed E-state index contributed by atoms with van der Waals surface area (Å²) in [6.45, 7) is 9.25. The Kier molecular flexibility index (Phi) is 7.00. The van der Waals surface area contributed by atoms with Gasteiger partial charge in [0.05, 0.1) is 19.6 Å². The molecule has 4 aliphatic rings. The van der Waals surface area contributed by atoms with Gasteiger partial charge in [-0.15, -0.1) is 0 Å². The summed E-state index contributed by atoms with van der Waals surface area (Å²) < 4.78 is 10.2. The third kappa shape index (κ3) is 4.05. The Morgan fingerprint density at radius 1 is 1.09 bits per heavy atom. The highest BCUT2D eigenvalue weighted by Gasteiger charge is 2.64. The van der Waals surface area contributed by atoms with Crippen LogP contribution in [0.25, 0.3) is 0 Å². The first-order valence-electron chi connectivity index (χ1n) is 13.4. The number of esters is 2. The highest BCUT2D eigenvalue weighted by molar-refractivity contribution is 5.87. The number of methoxy groups -OCH3 is 1. The van der Waals surface area contributed by atoms with Crippen LogP contribution < -0.4 is 0 Å². The molecule has 0 aromatic heterocycles. The molecule has 0 aliphatic heterocycles. The van der Waals surface area contributed by atoms with Crippen molar-refractivity contribution in [2.75, 3.05) is 13.7 Å². The van der Waals surface area contributed by atoms with Gasteiger partial charge in [-0.3, -0.25) is 14.4 Å². The van der Waals surface area contributed by atoms with E-state index in [0.717, 1.165) is 38.5 Å². The maximum atomic E-state index is 13.9. The standard InChI is InChI=1S/C28H44O5/c1-6-33-26(31)18-13-14-27(3)19(15-18)8-9-20-22-11-10-21(17(2)7-12-25(30)32-5)28(22,4)24(29)16-23(20)27/h17-23H,6-16H2,1-5H3/t17-,18+,19-,20-,21+,22-,23-,27-,28+/m0/s1. The minimum Gasteiger partial charge on any atom is -0.469 e. The summed E-state index contributed by atoms with van der Waals surface area (Å²) in [5.74, 6) is 3.11. The van der Waals surface area contributed by atoms with Gasteiger partial charge < -0.3 is 9.47 Å². The Morgan fingerprint density at radius 3 is 2.55 bits per heavy atom. The summed E-state index contributed by atoms with van der Waals surface area (Å²) in [7, 11) is 1.45. The van der Waals surface area contributed by atoms with Crippen LogP contribution in [0.5, 0.6) is 0 Å². The van der Waals surface area contributed by atoms with E-state index < -0.39 is 0 Å². The Balaban J connectivity index is 1.50. The maximum absolute atomic E-state index is 13.9. The van der Waals surface area contributed by atoms with Crippen molar-refractivity contribution in [3.8, 4) is 0 Å². The molecule has 4 rings (SSSR count). The van der Waals surface area contributed by atoms with Crippen molar-refractivity contribution in [1.82, 2.24) is 0 Å². The molecule has 0 radical (unpaired) electrons. The van der Waals surface area contributed by atoms with Crippen molar-refractivity contribution < 1.29 is 23.9 Å². The van der Waals surface area contributed by atoms with Gasteiger partial charge in [0.15, 0.2) is 0 Å². The number of carbonyl (C=O) groups is 3. The van der Waals surface area contributed by atoms with Gasteiger partial charge in [0.2, 0.25) is 0 Å². The van der Waals surface area contributed by atoms with Crippen molar-refractivity contribution in [1.29, 1.82) is 0 Å². The molecule has 0 bridgehead atoms. The quantitative estimate of drug-likeness (QED) is 0.483. The number of carbonyl (C=O) groups excluding carboxylic acids is 3.